The van der Waals surface area contributed by atoms with E-state index in [0.29, 0.717) is 29.3 Å². The monoisotopic (exact) mass is 728 g/mol. The van der Waals surface area contributed by atoms with E-state index >= 15 is 0 Å². The molecule has 50 heavy (non-hydrogen) atoms. The molecule has 0 saturated carbocycles. The van der Waals surface area contributed by atoms with Crippen LogP contribution in [-0.2, 0) is 33.7 Å². The van der Waals surface area contributed by atoms with Gasteiger partial charge in [0, 0.05) is 12.6 Å². The summed E-state index contributed by atoms with van der Waals surface area (Å²) in [6.07, 6.45) is -3.58. The Balaban J connectivity index is 1.71. The molecule has 2 atom stereocenters. The molecule has 270 valence electrons. The van der Waals surface area contributed by atoms with Gasteiger partial charge in [0.2, 0.25) is 10.0 Å². The number of methoxy groups -OCH3 is 1. The quantitative estimate of drug-likeness (QED) is 0.0994. The Labute approximate surface area is 295 Å². The lowest BCUT2D eigenvalue weighted by atomic mass is 9.97. The fourth-order valence-electron chi connectivity index (χ4n) is 5.92. The van der Waals surface area contributed by atoms with E-state index in [0.717, 1.165) is 47.1 Å². The van der Waals surface area contributed by atoms with Crippen LogP contribution in [0.25, 0.3) is 0 Å². The van der Waals surface area contributed by atoms with Gasteiger partial charge in [-0.3, -0.25) is 4.72 Å². The van der Waals surface area contributed by atoms with Crippen LogP contribution in [0.4, 0.5) is 18.9 Å². The van der Waals surface area contributed by atoms with Gasteiger partial charge in [-0.05, 0) is 77.1 Å². The summed E-state index contributed by atoms with van der Waals surface area (Å²) in [5, 5.41) is 3.61. The summed E-state index contributed by atoms with van der Waals surface area (Å²) in [7, 11) is -4.30. The zero-order valence-corrected chi connectivity index (χ0v) is 31.0. The van der Waals surface area contributed by atoms with E-state index < -0.39 is 36.2 Å². The highest BCUT2D eigenvalue weighted by Gasteiger charge is 2.34. The Hall–Kier alpha value is -3.84. The SMILES string of the molecule is CC[Si](CC)(CC)O[C@@H](CN[C@@H](Cc1cccc(C(F)(F)F)c1)c1ccc(OC)cc1)c1ccc(OCc2ccccc2)c(NS(C)(=O)=O)c1. The Morgan fingerprint density at radius 3 is 2.04 bits per heavy atom. The molecule has 12 heteroatoms. The maximum atomic E-state index is 13.6. The lowest BCUT2D eigenvalue weighted by Gasteiger charge is -2.35. The molecule has 0 aliphatic heterocycles. The number of sulfonamides is 1. The number of benzene rings is 4. The van der Waals surface area contributed by atoms with E-state index in [4.69, 9.17) is 13.9 Å². The van der Waals surface area contributed by atoms with Crippen LogP contribution in [-0.4, -0.2) is 36.6 Å². The predicted molar refractivity (Wildman–Crippen MR) is 196 cm³/mol. The maximum Gasteiger partial charge on any atom is 0.416 e. The van der Waals surface area contributed by atoms with Crippen molar-refractivity contribution in [1.82, 2.24) is 5.32 Å². The Morgan fingerprint density at radius 2 is 1.44 bits per heavy atom. The van der Waals surface area contributed by atoms with Crippen LogP contribution < -0.4 is 19.5 Å². The average molecular weight is 729 g/mol. The van der Waals surface area contributed by atoms with Gasteiger partial charge in [0.1, 0.15) is 18.1 Å². The van der Waals surface area contributed by atoms with Crippen LogP contribution >= 0.6 is 0 Å². The number of hydrogen-bond donors (Lipinski definition) is 2. The molecule has 0 unspecified atom stereocenters. The Bertz CT molecular complexity index is 1760. The lowest BCUT2D eigenvalue weighted by Crippen LogP contribution is -2.40. The normalized spacial score (nSPS) is 13.4. The first-order chi connectivity index (χ1) is 23.8. The highest BCUT2D eigenvalue weighted by Crippen LogP contribution is 2.36. The number of rotatable bonds is 18. The first-order valence-electron chi connectivity index (χ1n) is 16.8. The second-order valence-corrected chi connectivity index (χ2v) is 18.9. The number of alkyl halides is 3. The molecule has 2 N–H and O–H groups in total. The topological polar surface area (TPSA) is 85.9 Å². The van der Waals surface area contributed by atoms with Gasteiger partial charge < -0.3 is 19.2 Å². The van der Waals surface area contributed by atoms with Crippen molar-refractivity contribution in [3.8, 4) is 11.5 Å². The molecular weight excluding hydrogens is 682 g/mol. The zero-order chi connectivity index (χ0) is 36.4. The first kappa shape index (κ1) is 39.0. The van der Waals surface area contributed by atoms with Crippen molar-refractivity contribution in [3.63, 3.8) is 0 Å². The van der Waals surface area contributed by atoms with Crippen molar-refractivity contribution >= 4 is 24.0 Å². The molecule has 4 aromatic carbocycles. The lowest BCUT2D eigenvalue weighted by molar-refractivity contribution is -0.137. The van der Waals surface area contributed by atoms with Gasteiger partial charge in [0.15, 0.2) is 8.32 Å². The van der Waals surface area contributed by atoms with Crippen molar-refractivity contribution in [2.45, 2.75) is 70.3 Å². The van der Waals surface area contributed by atoms with Crippen molar-refractivity contribution in [2.75, 3.05) is 24.6 Å². The molecule has 0 heterocycles. The summed E-state index contributed by atoms with van der Waals surface area (Å²) >= 11 is 0. The van der Waals surface area contributed by atoms with Crippen molar-refractivity contribution in [2.24, 2.45) is 0 Å². The fourth-order valence-corrected chi connectivity index (χ4v) is 9.30. The third-order valence-electron chi connectivity index (χ3n) is 9.00. The molecule has 0 aliphatic rings. The number of anilines is 1. The average Bonchev–Trinajstić information content (AvgIpc) is 3.10. The second kappa shape index (κ2) is 17.4. The van der Waals surface area contributed by atoms with Gasteiger partial charge in [-0.1, -0.05) is 87.5 Å². The molecule has 0 radical (unpaired) electrons. The van der Waals surface area contributed by atoms with E-state index in [1.807, 2.05) is 60.7 Å². The van der Waals surface area contributed by atoms with Gasteiger partial charge in [-0.15, -0.1) is 0 Å². The largest absolute Gasteiger partial charge is 0.497 e. The second-order valence-electron chi connectivity index (χ2n) is 12.4. The van der Waals surface area contributed by atoms with E-state index in [2.05, 4.69) is 30.8 Å². The van der Waals surface area contributed by atoms with Crippen LogP contribution in [0.1, 0.15) is 60.7 Å². The molecule has 7 nitrogen and oxygen atoms in total. The number of hydrogen-bond acceptors (Lipinski definition) is 6. The molecule has 0 fully saturated rings. The Kier molecular flexibility index (Phi) is 13.5. The van der Waals surface area contributed by atoms with Gasteiger partial charge in [0.05, 0.1) is 30.7 Å². The van der Waals surface area contributed by atoms with Crippen molar-refractivity contribution in [3.05, 3.63) is 125 Å². The molecule has 0 bridgehead atoms. The van der Waals surface area contributed by atoms with Crippen LogP contribution in [0.5, 0.6) is 11.5 Å². The number of ether oxygens (including phenoxy) is 2. The number of halogens is 3. The third-order valence-corrected chi connectivity index (χ3v) is 14.2. The molecule has 4 aromatic rings. The minimum absolute atomic E-state index is 0.247. The maximum absolute atomic E-state index is 13.6. The molecule has 4 rings (SSSR count). The molecule has 0 aliphatic carbocycles. The van der Waals surface area contributed by atoms with E-state index in [1.165, 1.54) is 12.1 Å². The summed E-state index contributed by atoms with van der Waals surface area (Å²) < 4.78 is 86.9. The zero-order valence-electron chi connectivity index (χ0n) is 29.2. The first-order valence-corrected chi connectivity index (χ1v) is 21.2. The predicted octanol–water partition coefficient (Wildman–Crippen LogP) is 9.30. The molecular formula is C38H47F3N2O5SSi. The minimum atomic E-state index is -4.46. The highest BCUT2D eigenvalue weighted by atomic mass is 32.2. The fraction of sp³-hybridized carbons (Fsp3) is 0.368. The van der Waals surface area contributed by atoms with Crippen molar-refractivity contribution < 1.29 is 35.5 Å². The van der Waals surface area contributed by atoms with E-state index in [1.54, 1.807) is 25.3 Å². The molecule has 0 spiro atoms. The van der Waals surface area contributed by atoms with E-state index in [-0.39, 0.29) is 19.1 Å². The summed E-state index contributed by atoms with van der Waals surface area (Å²) in [5.74, 6) is 1.04. The number of nitrogens with one attached hydrogen (secondary N) is 2. The summed E-state index contributed by atoms with van der Waals surface area (Å²) in [6, 6.07) is 30.1. The highest BCUT2D eigenvalue weighted by molar-refractivity contribution is 7.92. The third kappa shape index (κ3) is 11.1. The van der Waals surface area contributed by atoms with Gasteiger partial charge in [-0.25, -0.2) is 8.42 Å². The van der Waals surface area contributed by atoms with Crippen LogP contribution in [0.2, 0.25) is 18.1 Å². The summed E-state index contributed by atoms with van der Waals surface area (Å²) in [4.78, 5) is 0. The van der Waals surface area contributed by atoms with Crippen LogP contribution in [0.15, 0.2) is 97.1 Å². The van der Waals surface area contributed by atoms with Crippen LogP contribution in [0, 0.1) is 0 Å². The van der Waals surface area contributed by atoms with Gasteiger partial charge in [-0.2, -0.15) is 13.2 Å². The summed E-state index contributed by atoms with van der Waals surface area (Å²) in [6.45, 7) is 6.96. The smallest absolute Gasteiger partial charge is 0.416 e. The van der Waals surface area contributed by atoms with Gasteiger partial charge >= 0.3 is 6.18 Å². The minimum Gasteiger partial charge on any atom is -0.497 e. The molecule has 0 amide bonds. The van der Waals surface area contributed by atoms with Crippen molar-refractivity contribution in [1.29, 1.82) is 0 Å². The standard InChI is InChI=1S/C38H47F3N2O5SSi/c1-6-50(7-2,8-3)48-37(31-19-22-36(35(25-31)43-49(5,44)45)47-27-28-13-10-9-11-14-28)26-42-34(30-17-20-33(46-4)21-18-30)24-29-15-12-16-32(23-29)38(39,40)41/h9-23,25,34,37,42-43H,6-8,24,26-27H2,1-5H3/t34-,37-/m0/s1. The Morgan fingerprint density at radius 1 is 0.800 bits per heavy atom. The van der Waals surface area contributed by atoms with Crippen LogP contribution in [0.3, 0.4) is 0 Å². The molecule has 0 saturated heterocycles. The van der Waals surface area contributed by atoms with Gasteiger partial charge in [0.25, 0.3) is 0 Å². The van der Waals surface area contributed by atoms with E-state index in [9.17, 15) is 21.6 Å². The molecule has 0 aromatic heterocycles. The summed E-state index contributed by atoms with van der Waals surface area (Å²) in [5.41, 5.74) is 2.68.